The Labute approximate surface area is 177 Å². The number of benzene rings is 1. The number of fused-ring (bicyclic) bond motifs is 1. The Hall–Kier alpha value is -3.17. The van der Waals surface area contributed by atoms with Gasteiger partial charge in [-0.05, 0) is 30.9 Å². The first-order valence-corrected chi connectivity index (χ1v) is 10.5. The van der Waals surface area contributed by atoms with E-state index in [1.807, 2.05) is 55.6 Å². The van der Waals surface area contributed by atoms with Crippen molar-refractivity contribution < 1.29 is 14.7 Å². The van der Waals surface area contributed by atoms with Gasteiger partial charge in [0.2, 0.25) is 0 Å². The van der Waals surface area contributed by atoms with Gasteiger partial charge in [-0.15, -0.1) is 11.3 Å². The third-order valence-corrected chi connectivity index (χ3v) is 6.24. The van der Waals surface area contributed by atoms with Gasteiger partial charge >= 0.3 is 6.03 Å². The highest BCUT2D eigenvalue weighted by molar-refractivity contribution is 7.12. The monoisotopic (exact) mass is 425 g/mol. The van der Waals surface area contributed by atoms with Crippen LogP contribution in [0, 0.1) is 0 Å². The number of carbonyl (C=O) groups is 2. The fourth-order valence-electron chi connectivity index (χ4n) is 3.67. The van der Waals surface area contributed by atoms with Crippen LogP contribution in [0.4, 0.5) is 10.6 Å². The normalized spacial score (nSPS) is 15.5. The summed E-state index contributed by atoms with van der Waals surface area (Å²) in [6.45, 7) is 3.91. The molecule has 30 heavy (non-hydrogen) atoms. The van der Waals surface area contributed by atoms with Crippen LogP contribution in [0.1, 0.15) is 46.4 Å². The number of amides is 3. The summed E-state index contributed by atoms with van der Waals surface area (Å²) in [5, 5.41) is 24.6. The zero-order valence-electron chi connectivity index (χ0n) is 16.7. The Kier molecular flexibility index (Phi) is 5.31. The summed E-state index contributed by atoms with van der Waals surface area (Å²) in [7, 11) is 0. The van der Waals surface area contributed by atoms with Crippen molar-refractivity contribution in [1.29, 1.82) is 0 Å². The summed E-state index contributed by atoms with van der Waals surface area (Å²) in [4.78, 5) is 27.7. The van der Waals surface area contributed by atoms with Crippen LogP contribution in [0.3, 0.4) is 0 Å². The average Bonchev–Trinajstić information content (AvgIpc) is 3.45. The fourth-order valence-corrected chi connectivity index (χ4v) is 4.29. The van der Waals surface area contributed by atoms with Crippen LogP contribution >= 0.6 is 11.3 Å². The number of aliphatic hydroxyl groups excluding tert-OH is 1. The van der Waals surface area contributed by atoms with Crippen molar-refractivity contribution in [2.24, 2.45) is 0 Å². The molecule has 3 aromatic rings. The van der Waals surface area contributed by atoms with E-state index in [4.69, 9.17) is 0 Å². The van der Waals surface area contributed by atoms with E-state index < -0.39 is 11.6 Å². The Bertz CT molecular complexity index is 1050. The van der Waals surface area contributed by atoms with Crippen molar-refractivity contribution in [2.75, 3.05) is 11.9 Å². The number of aliphatic hydroxyl groups is 1. The summed E-state index contributed by atoms with van der Waals surface area (Å²) in [5.41, 5.74) is 1.73. The molecule has 1 aliphatic heterocycles. The van der Waals surface area contributed by atoms with Gasteiger partial charge in [0.15, 0.2) is 5.82 Å². The molecule has 1 aromatic carbocycles. The van der Waals surface area contributed by atoms with Crippen molar-refractivity contribution in [3.05, 3.63) is 69.5 Å². The number of aromatic nitrogens is 2. The van der Waals surface area contributed by atoms with E-state index in [1.54, 1.807) is 11.0 Å². The maximum Gasteiger partial charge on any atom is 0.319 e. The minimum atomic E-state index is -0.658. The summed E-state index contributed by atoms with van der Waals surface area (Å²) in [6.07, 6.45) is 0. The van der Waals surface area contributed by atoms with Crippen LogP contribution in [0.2, 0.25) is 0 Å². The van der Waals surface area contributed by atoms with Crippen LogP contribution in [-0.2, 0) is 12.1 Å². The Morgan fingerprint density at radius 1 is 1.27 bits per heavy atom. The predicted octanol–water partition coefficient (Wildman–Crippen LogP) is 3.22. The summed E-state index contributed by atoms with van der Waals surface area (Å²) in [5.74, 6) is 0.193. The number of hydrogen-bond acceptors (Lipinski definition) is 5. The quantitative estimate of drug-likeness (QED) is 0.503. The molecule has 9 heteroatoms. The zero-order chi connectivity index (χ0) is 21.3. The first kappa shape index (κ1) is 20.1. The predicted molar refractivity (Wildman–Crippen MR) is 114 cm³/mol. The Balaban J connectivity index is 1.52. The lowest BCUT2D eigenvalue weighted by Crippen LogP contribution is -2.47. The van der Waals surface area contributed by atoms with E-state index in [0.29, 0.717) is 10.7 Å². The lowest BCUT2D eigenvalue weighted by Gasteiger charge is -2.33. The number of nitrogens with one attached hydrogen (secondary N) is 3. The largest absolute Gasteiger partial charge is 0.394 e. The molecule has 156 valence electrons. The molecular formula is C21H23N5O3S. The molecule has 2 aromatic heterocycles. The first-order chi connectivity index (χ1) is 14.4. The van der Waals surface area contributed by atoms with Crippen LogP contribution < -0.4 is 10.6 Å². The molecular weight excluding hydrogens is 402 g/mol. The number of rotatable bonds is 5. The van der Waals surface area contributed by atoms with Crippen LogP contribution in [0.5, 0.6) is 0 Å². The second kappa shape index (κ2) is 7.92. The molecule has 1 atom stereocenters. The van der Waals surface area contributed by atoms with Crippen molar-refractivity contribution in [3.8, 4) is 0 Å². The molecule has 8 nitrogen and oxygen atoms in total. The van der Waals surface area contributed by atoms with Gasteiger partial charge in [-0.25, -0.2) is 4.79 Å². The molecule has 0 aliphatic carbocycles. The van der Waals surface area contributed by atoms with E-state index in [9.17, 15) is 14.7 Å². The van der Waals surface area contributed by atoms with Crippen molar-refractivity contribution in [1.82, 2.24) is 20.4 Å². The molecule has 0 bridgehead atoms. The highest BCUT2D eigenvalue weighted by Gasteiger charge is 2.44. The Morgan fingerprint density at radius 2 is 2.03 bits per heavy atom. The van der Waals surface area contributed by atoms with Gasteiger partial charge in [0.05, 0.1) is 35.3 Å². The van der Waals surface area contributed by atoms with Crippen molar-refractivity contribution in [2.45, 2.75) is 32.0 Å². The van der Waals surface area contributed by atoms with Gasteiger partial charge in [0, 0.05) is 5.56 Å². The van der Waals surface area contributed by atoms with Crippen molar-refractivity contribution in [3.63, 3.8) is 0 Å². The highest BCUT2D eigenvalue weighted by atomic mass is 32.1. The summed E-state index contributed by atoms with van der Waals surface area (Å²) >= 11 is 1.35. The zero-order valence-corrected chi connectivity index (χ0v) is 17.5. The number of carbonyl (C=O) groups excluding carboxylic acids is 2. The second-order valence-corrected chi connectivity index (χ2v) is 8.55. The topological polar surface area (TPSA) is 110 Å². The minimum Gasteiger partial charge on any atom is -0.394 e. The molecule has 4 rings (SSSR count). The summed E-state index contributed by atoms with van der Waals surface area (Å²) in [6, 6.07) is 12.1. The molecule has 0 radical (unpaired) electrons. The van der Waals surface area contributed by atoms with Gasteiger partial charge in [-0.3, -0.25) is 9.89 Å². The molecule has 0 spiro atoms. The average molecular weight is 426 g/mol. The Morgan fingerprint density at radius 3 is 2.70 bits per heavy atom. The second-order valence-electron chi connectivity index (χ2n) is 7.60. The standard InChI is InChI=1S/C21H23N5O3S/c1-21(2)17-14(18(25-24-17)23-19(28)16-9-6-10-30-16)11-26(21)20(29)22-15(12-27)13-7-4-3-5-8-13/h3-10,15,27H,11-12H2,1-2H3,(H,22,29)(H2,23,24,25,28)/t15-/m1/s1. The number of anilines is 1. The van der Waals surface area contributed by atoms with Crippen LogP contribution in [-0.4, -0.2) is 38.7 Å². The number of urea groups is 1. The number of nitrogens with zero attached hydrogens (tertiary/aromatic N) is 2. The molecule has 3 amide bonds. The molecule has 0 unspecified atom stereocenters. The number of H-pyrrole nitrogens is 1. The molecule has 4 N–H and O–H groups in total. The first-order valence-electron chi connectivity index (χ1n) is 9.58. The van der Waals surface area contributed by atoms with Crippen molar-refractivity contribution >= 4 is 29.1 Å². The molecule has 0 saturated carbocycles. The van der Waals surface area contributed by atoms with E-state index in [0.717, 1.165) is 16.8 Å². The van der Waals surface area contributed by atoms with Gasteiger partial charge in [-0.2, -0.15) is 5.10 Å². The molecule has 0 fully saturated rings. The maximum absolute atomic E-state index is 13.1. The van der Waals surface area contributed by atoms with Gasteiger partial charge in [-0.1, -0.05) is 36.4 Å². The smallest absolute Gasteiger partial charge is 0.319 e. The lowest BCUT2D eigenvalue weighted by molar-refractivity contribution is 0.103. The molecule has 0 saturated heterocycles. The van der Waals surface area contributed by atoms with E-state index in [-0.39, 0.29) is 25.1 Å². The molecule has 3 heterocycles. The number of hydrogen-bond donors (Lipinski definition) is 4. The number of thiophene rings is 1. The maximum atomic E-state index is 13.1. The SMILES string of the molecule is CC1(C)c2[nH]nc(NC(=O)c3cccs3)c2CN1C(=O)N[C@H](CO)c1ccccc1. The minimum absolute atomic E-state index is 0.209. The van der Waals surface area contributed by atoms with E-state index >= 15 is 0 Å². The van der Waals surface area contributed by atoms with Crippen LogP contribution in [0.15, 0.2) is 47.8 Å². The lowest BCUT2D eigenvalue weighted by atomic mass is 10.0. The van der Waals surface area contributed by atoms with E-state index in [2.05, 4.69) is 20.8 Å². The number of aromatic amines is 1. The third-order valence-electron chi connectivity index (χ3n) is 5.37. The third kappa shape index (κ3) is 3.57. The van der Waals surface area contributed by atoms with Gasteiger partial charge < -0.3 is 20.6 Å². The van der Waals surface area contributed by atoms with E-state index in [1.165, 1.54) is 11.3 Å². The van der Waals surface area contributed by atoms with Crippen LogP contribution in [0.25, 0.3) is 0 Å². The highest BCUT2D eigenvalue weighted by Crippen LogP contribution is 2.40. The molecule has 1 aliphatic rings. The summed E-state index contributed by atoms with van der Waals surface area (Å²) < 4.78 is 0. The fraction of sp³-hybridized carbons (Fsp3) is 0.286. The van der Waals surface area contributed by atoms with Gasteiger partial charge in [0.25, 0.3) is 5.91 Å². The van der Waals surface area contributed by atoms with Gasteiger partial charge in [0.1, 0.15) is 0 Å².